The Balaban J connectivity index is 2.15. The molecule has 0 unspecified atom stereocenters. The third kappa shape index (κ3) is 1.96. The summed E-state index contributed by atoms with van der Waals surface area (Å²) < 4.78 is 5.17. The van der Waals surface area contributed by atoms with E-state index in [1.165, 1.54) is 7.11 Å². The Labute approximate surface area is 116 Å². The Morgan fingerprint density at radius 2 is 2.26 bits per heavy atom. The Hall–Kier alpha value is -1.68. The number of carbonyl (C=O) groups excluding carboxylic acids is 1. The number of ether oxygens (including phenoxy) is 1. The van der Waals surface area contributed by atoms with E-state index in [1.807, 2.05) is 18.2 Å². The highest BCUT2D eigenvalue weighted by molar-refractivity contribution is 7.98. The summed E-state index contributed by atoms with van der Waals surface area (Å²) in [4.78, 5) is 11.7. The van der Waals surface area contributed by atoms with Gasteiger partial charge in [0.1, 0.15) is 5.75 Å². The number of carbonyl (C=O) groups is 1. The number of hydrogen-bond donors (Lipinski definition) is 1. The fraction of sp³-hybridized carbons (Fsp3) is 0.267. The second-order valence-electron chi connectivity index (χ2n) is 4.78. The molecule has 0 saturated heterocycles. The molecule has 3 rings (SSSR count). The largest absolute Gasteiger partial charge is 0.508 e. The summed E-state index contributed by atoms with van der Waals surface area (Å²) in [6, 6.07) is 5.43. The lowest BCUT2D eigenvalue weighted by Crippen LogP contribution is -2.32. The van der Waals surface area contributed by atoms with Crippen molar-refractivity contribution in [2.75, 3.05) is 12.9 Å². The number of hydrogen-bond acceptors (Lipinski definition) is 4. The van der Waals surface area contributed by atoms with E-state index in [1.54, 1.807) is 30.0 Å². The lowest BCUT2D eigenvalue weighted by molar-refractivity contribution is -0.114. The molecule has 1 N–H and O–H groups in total. The molecule has 1 aromatic rings. The first-order valence-corrected chi connectivity index (χ1v) is 7.21. The van der Waals surface area contributed by atoms with Crippen LogP contribution in [-0.4, -0.2) is 23.8 Å². The molecule has 1 aromatic carbocycles. The molecular formula is C15H14O3S. The second kappa shape index (κ2) is 4.46. The summed E-state index contributed by atoms with van der Waals surface area (Å²) in [6.45, 7) is 0. The minimum atomic E-state index is -0.300. The molecule has 0 amide bonds. The Bertz CT molecular complexity index is 603. The van der Waals surface area contributed by atoms with Crippen LogP contribution in [0.2, 0.25) is 0 Å². The number of aromatic hydroxyl groups is 1. The monoisotopic (exact) mass is 274 g/mol. The van der Waals surface area contributed by atoms with Crippen molar-refractivity contribution in [3.05, 3.63) is 53.3 Å². The minimum absolute atomic E-state index is 0.0935. The maximum Gasteiger partial charge on any atom is 0.219 e. The van der Waals surface area contributed by atoms with Crippen molar-refractivity contribution >= 4 is 17.5 Å². The van der Waals surface area contributed by atoms with E-state index in [2.05, 4.69) is 0 Å². The molecule has 98 valence electrons. The molecule has 0 fully saturated rings. The number of fused-ring (bicyclic) bond motifs is 2. The van der Waals surface area contributed by atoms with E-state index in [9.17, 15) is 9.90 Å². The van der Waals surface area contributed by atoms with Gasteiger partial charge in [-0.05, 0) is 35.4 Å². The third-order valence-corrected chi connectivity index (χ3v) is 4.77. The van der Waals surface area contributed by atoms with Crippen LogP contribution in [0.4, 0.5) is 0 Å². The van der Waals surface area contributed by atoms with Crippen molar-refractivity contribution in [3.8, 4) is 5.75 Å². The first-order chi connectivity index (χ1) is 9.14. The van der Waals surface area contributed by atoms with Gasteiger partial charge in [-0.3, -0.25) is 4.79 Å². The normalized spacial score (nSPS) is 25.1. The topological polar surface area (TPSA) is 46.5 Å². The highest BCUT2D eigenvalue weighted by atomic mass is 32.2. The van der Waals surface area contributed by atoms with Crippen molar-refractivity contribution < 1.29 is 14.6 Å². The van der Waals surface area contributed by atoms with E-state index >= 15 is 0 Å². The van der Waals surface area contributed by atoms with Crippen LogP contribution >= 0.6 is 11.8 Å². The van der Waals surface area contributed by atoms with Crippen molar-refractivity contribution in [1.82, 2.24) is 0 Å². The number of methoxy groups -OCH3 is 1. The molecular weight excluding hydrogens is 260 g/mol. The zero-order valence-corrected chi connectivity index (χ0v) is 11.4. The van der Waals surface area contributed by atoms with Gasteiger partial charge in [-0.25, -0.2) is 0 Å². The van der Waals surface area contributed by atoms with Crippen LogP contribution in [0.25, 0.3) is 0 Å². The summed E-state index contributed by atoms with van der Waals surface area (Å²) in [5.74, 6) is 2.33. The van der Waals surface area contributed by atoms with Gasteiger partial charge in [-0.2, -0.15) is 11.8 Å². The van der Waals surface area contributed by atoms with Gasteiger partial charge in [0.2, 0.25) is 5.78 Å². The molecule has 0 saturated carbocycles. The molecule has 4 heteroatoms. The molecule has 19 heavy (non-hydrogen) atoms. The molecule has 1 atom stereocenters. The predicted molar refractivity (Wildman–Crippen MR) is 75.2 cm³/mol. The van der Waals surface area contributed by atoms with Crippen LogP contribution in [0.5, 0.6) is 5.75 Å². The lowest BCUT2D eigenvalue weighted by Gasteiger charge is -2.35. The van der Waals surface area contributed by atoms with Gasteiger partial charge in [0.15, 0.2) is 5.76 Å². The van der Waals surface area contributed by atoms with Crippen molar-refractivity contribution in [2.24, 2.45) is 0 Å². The zero-order valence-electron chi connectivity index (χ0n) is 10.6. The number of benzene rings is 1. The van der Waals surface area contributed by atoms with E-state index in [0.29, 0.717) is 5.76 Å². The maximum atomic E-state index is 11.7. The van der Waals surface area contributed by atoms with Gasteiger partial charge in [0.25, 0.3) is 0 Å². The molecule has 1 aliphatic heterocycles. The van der Waals surface area contributed by atoms with Crippen molar-refractivity contribution in [3.63, 3.8) is 0 Å². The average molecular weight is 274 g/mol. The van der Waals surface area contributed by atoms with Gasteiger partial charge in [-0.1, -0.05) is 12.1 Å². The summed E-state index contributed by atoms with van der Waals surface area (Å²) in [6.07, 6.45) is 5.43. The number of phenols is 1. The molecule has 0 radical (unpaired) electrons. The van der Waals surface area contributed by atoms with E-state index in [4.69, 9.17) is 4.74 Å². The smallest absolute Gasteiger partial charge is 0.219 e. The molecule has 1 aliphatic carbocycles. The maximum absolute atomic E-state index is 11.7. The van der Waals surface area contributed by atoms with Crippen LogP contribution in [0.15, 0.2) is 42.2 Å². The number of phenolic OH excluding ortho intramolecular Hbond substituents is 1. The Kier molecular flexibility index (Phi) is 2.90. The molecule has 2 aliphatic rings. The molecule has 3 nitrogen and oxygen atoms in total. The van der Waals surface area contributed by atoms with E-state index in [-0.39, 0.29) is 16.9 Å². The minimum Gasteiger partial charge on any atom is -0.508 e. The summed E-state index contributed by atoms with van der Waals surface area (Å²) in [5, 5.41) is 9.59. The SMILES string of the molecule is COC1=C[C@]2(C=CC1=O)CSCc1cc(O)ccc12. The van der Waals surface area contributed by atoms with Crippen molar-refractivity contribution in [2.45, 2.75) is 11.2 Å². The van der Waals surface area contributed by atoms with Crippen LogP contribution < -0.4 is 0 Å². The highest BCUT2D eigenvalue weighted by Crippen LogP contribution is 2.43. The average Bonchev–Trinajstić information content (AvgIpc) is 2.41. The van der Waals surface area contributed by atoms with Gasteiger partial charge >= 0.3 is 0 Å². The van der Waals surface area contributed by atoms with Gasteiger partial charge in [-0.15, -0.1) is 0 Å². The predicted octanol–water partition coefficient (Wildman–Crippen LogP) is 2.55. The standard InChI is InChI=1S/C15H14O3S/c1-18-14-7-15(5-4-13(14)17)9-19-8-10-6-11(16)2-3-12(10)15/h2-7,16H,8-9H2,1H3/t15-/m1/s1. The molecule has 0 aromatic heterocycles. The summed E-state index contributed by atoms with van der Waals surface area (Å²) in [7, 11) is 1.52. The summed E-state index contributed by atoms with van der Waals surface area (Å²) >= 11 is 1.79. The van der Waals surface area contributed by atoms with Crippen LogP contribution in [0.3, 0.4) is 0 Å². The Morgan fingerprint density at radius 1 is 1.42 bits per heavy atom. The highest BCUT2D eigenvalue weighted by Gasteiger charge is 2.36. The van der Waals surface area contributed by atoms with Gasteiger partial charge in [0.05, 0.1) is 7.11 Å². The third-order valence-electron chi connectivity index (χ3n) is 3.57. The number of ketones is 1. The fourth-order valence-electron chi connectivity index (χ4n) is 2.64. The van der Waals surface area contributed by atoms with Crippen LogP contribution in [0, 0.1) is 0 Å². The number of allylic oxidation sites excluding steroid dienone is 3. The zero-order chi connectivity index (χ0) is 13.5. The van der Waals surface area contributed by atoms with Gasteiger partial charge in [0, 0.05) is 16.9 Å². The fourth-order valence-corrected chi connectivity index (χ4v) is 3.87. The van der Waals surface area contributed by atoms with Crippen LogP contribution in [-0.2, 0) is 20.7 Å². The van der Waals surface area contributed by atoms with E-state index < -0.39 is 0 Å². The van der Waals surface area contributed by atoms with Crippen molar-refractivity contribution in [1.29, 1.82) is 0 Å². The summed E-state index contributed by atoms with van der Waals surface area (Å²) in [5.41, 5.74) is 1.95. The first-order valence-electron chi connectivity index (χ1n) is 6.05. The first kappa shape index (κ1) is 12.4. The lowest BCUT2D eigenvalue weighted by atomic mass is 9.76. The number of thioether (sulfide) groups is 1. The number of rotatable bonds is 1. The molecule has 0 bridgehead atoms. The quantitative estimate of drug-likeness (QED) is 0.855. The van der Waals surface area contributed by atoms with Crippen LogP contribution in [0.1, 0.15) is 11.1 Å². The second-order valence-corrected chi connectivity index (χ2v) is 5.77. The Morgan fingerprint density at radius 3 is 3.05 bits per heavy atom. The molecule has 1 heterocycles. The van der Waals surface area contributed by atoms with Gasteiger partial charge < -0.3 is 9.84 Å². The molecule has 1 spiro atoms. The van der Waals surface area contributed by atoms with E-state index in [0.717, 1.165) is 22.6 Å².